The number of aromatic nitrogens is 4. The number of rotatable bonds is 3. The second-order valence-electron chi connectivity index (χ2n) is 3.87. The Hall–Kier alpha value is -2.96. The summed E-state index contributed by atoms with van der Waals surface area (Å²) < 4.78 is 10.2. The highest BCUT2D eigenvalue weighted by molar-refractivity contribution is 5.67. The number of ether oxygens (including phenoxy) is 1. The lowest BCUT2D eigenvalue weighted by molar-refractivity contribution is 0.371. The number of aromatic hydroxyl groups is 1. The lowest BCUT2D eigenvalue weighted by atomic mass is 10.2. The van der Waals surface area contributed by atoms with Crippen LogP contribution in [-0.2, 0) is 0 Å². The average molecular weight is 270 g/mol. The summed E-state index contributed by atoms with van der Waals surface area (Å²) in [4.78, 5) is 12.2. The molecule has 2 heterocycles. The molecule has 100 valence electrons. The van der Waals surface area contributed by atoms with Gasteiger partial charge in [0.2, 0.25) is 5.82 Å². The van der Waals surface area contributed by atoms with E-state index >= 15 is 0 Å². The summed E-state index contributed by atoms with van der Waals surface area (Å²) in [6, 6.07) is 5.02. The van der Waals surface area contributed by atoms with Crippen molar-refractivity contribution in [2.75, 3.05) is 7.11 Å². The average Bonchev–Trinajstić information content (AvgIpc) is 2.98. The van der Waals surface area contributed by atoms with E-state index in [1.807, 2.05) is 0 Å². The van der Waals surface area contributed by atoms with Gasteiger partial charge >= 0.3 is 0 Å². The molecule has 7 nitrogen and oxygen atoms in total. The number of phenolic OH excluding ortho intramolecular Hbond substituents is 1. The van der Waals surface area contributed by atoms with Gasteiger partial charge in [-0.3, -0.25) is 4.98 Å². The molecule has 0 atom stereocenters. The van der Waals surface area contributed by atoms with Crippen molar-refractivity contribution in [1.82, 2.24) is 20.1 Å². The zero-order valence-electron chi connectivity index (χ0n) is 10.5. The molecule has 2 aromatic heterocycles. The van der Waals surface area contributed by atoms with E-state index in [1.54, 1.807) is 24.4 Å². The molecule has 0 aliphatic carbocycles. The Labute approximate surface area is 113 Å². The molecule has 0 amide bonds. The minimum absolute atomic E-state index is 0.0515. The Bertz CT molecular complexity index is 727. The van der Waals surface area contributed by atoms with Gasteiger partial charge in [0.05, 0.1) is 18.9 Å². The third-order valence-corrected chi connectivity index (χ3v) is 2.67. The molecule has 0 aliphatic heterocycles. The van der Waals surface area contributed by atoms with Crippen LogP contribution < -0.4 is 4.74 Å². The monoisotopic (exact) mass is 270 g/mol. The number of nitrogens with zero attached hydrogens (tertiary/aromatic N) is 4. The Kier molecular flexibility index (Phi) is 3.00. The first-order valence-electron chi connectivity index (χ1n) is 5.76. The molecule has 0 spiro atoms. The van der Waals surface area contributed by atoms with Crippen molar-refractivity contribution in [3.8, 4) is 34.5 Å². The third kappa shape index (κ3) is 2.05. The van der Waals surface area contributed by atoms with Crippen molar-refractivity contribution in [2.24, 2.45) is 0 Å². The second-order valence-corrected chi connectivity index (χ2v) is 3.87. The molecule has 0 saturated carbocycles. The summed E-state index contributed by atoms with van der Waals surface area (Å²) in [5, 5.41) is 13.9. The molecular weight excluding hydrogens is 260 g/mol. The predicted molar refractivity (Wildman–Crippen MR) is 69.0 cm³/mol. The highest BCUT2D eigenvalue weighted by Gasteiger charge is 2.17. The maximum Gasteiger partial charge on any atom is 0.262 e. The fourth-order valence-corrected chi connectivity index (χ4v) is 1.71. The van der Waals surface area contributed by atoms with Gasteiger partial charge in [0.25, 0.3) is 5.89 Å². The zero-order chi connectivity index (χ0) is 13.9. The van der Waals surface area contributed by atoms with Gasteiger partial charge in [0.15, 0.2) is 11.5 Å². The van der Waals surface area contributed by atoms with E-state index in [9.17, 15) is 5.11 Å². The molecule has 20 heavy (non-hydrogen) atoms. The first-order chi connectivity index (χ1) is 9.79. The van der Waals surface area contributed by atoms with Crippen LogP contribution in [-0.4, -0.2) is 32.3 Å². The maximum atomic E-state index is 10.0. The van der Waals surface area contributed by atoms with Crippen molar-refractivity contribution in [2.45, 2.75) is 0 Å². The van der Waals surface area contributed by atoms with Crippen molar-refractivity contribution in [3.05, 3.63) is 36.8 Å². The first kappa shape index (κ1) is 12.1. The van der Waals surface area contributed by atoms with Gasteiger partial charge in [-0.25, -0.2) is 4.98 Å². The van der Waals surface area contributed by atoms with Crippen LogP contribution in [0.2, 0.25) is 0 Å². The summed E-state index contributed by atoms with van der Waals surface area (Å²) >= 11 is 0. The normalized spacial score (nSPS) is 10.4. The van der Waals surface area contributed by atoms with E-state index in [0.717, 1.165) is 0 Å². The third-order valence-electron chi connectivity index (χ3n) is 2.67. The van der Waals surface area contributed by atoms with Crippen LogP contribution >= 0.6 is 0 Å². The summed E-state index contributed by atoms with van der Waals surface area (Å²) in [5.41, 5.74) is 0.886. The Morgan fingerprint density at radius 1 is 1.25 bits per heavy atom. The van der Waals surface area contributed by atoms with E-state index in [1.165, 1.54) is 19.5 Å². The standard InChI is InChI=1S/C13H10N4O3/c1-19-10-4-2-3-8(11(10)18)13-16-12(17-20-13)9-7-14-5-6-15-9/h2-7,18H,1H3. The molecule has 0 saturated heterocycles. The molecular formula is C13H10N4O3. The van der Waals surface area contributed by atoms with Crippen LogP contribution in [0.25, 0.3) is 23.0 Å². The molecule has 0 fully saturated rings. The SMILES string of the molecule is COc1cccc(-c2nc(-c3cnccn3)no2)c1O. The van der Waals surface area contributed by atoms with Crippen LogP contribution in [0.5, 0.6) is 11.5 Å². The van der Waals surface area contributed by atoms with Gasteiger partial charge in [0.1, 0.15) is 5.69 Å². The molecule has 0 unspecified atom stereocenters. The van der Waals surface area contributed by atoms with Crippen LogP contribution in [0.3, 0.4) is 0 Å². The van der Waals surface area contributed by atoms with Crippen molar-refractivity contribution in [1.29, 1.82) is 0 Å². The number of para-hydroxylation sites is 1. The number of hydrogen-bond donors (Lipinski definition) is 1. The molecule has 3 rings (SSSR count). The van der Waals surface area contributed by atoms with Crippen molar-refractivity contribution >= 4 is 0 Å². The minimum Gasteiger partial charge on any atom is -0.504 e. The number of phenols is 1. The minimum atomic E-state index is -0.0515. The number of methoxy groups -OCH3 is 1. The summed E-state index contributed by atoms with van der Waals surface area (Å²) in [6.07, 6.45) is 4.62. The summed E-state index contributed by atoms with van der Waals surface area (Å²) in [7, 11) is 1.47. The van der Waals surface area contributed by atoms with Gasteiger partial charge in [-0.2, -0.15) is 4.98 Å². The predicted octanol–water partition coefficient (Wildman–Crippen LogP) is 1.91. The zero-order valence-corrected chi connectivity index (χ0v) is 10.5. The molecule has 3 aromatic rings. The van der Waals surface area contributed by atoms with E-state index in [0.29, 0.717) is 22.8 Å². The van der Waals surface area contributed by atoms with Gasteiger partial charge in [-0.1, -0.05) is 11.2 Å². The first-order valence-corrected chi connectivity index (χ1v) is 5.76. The van der Waals surface area contributed by atoms with Crippen molar-refractivity contribution in [3.63, 3.8) is 0 Å². The molecule has 0 radical (unpaired) electrons. The number of benzene rings is 1. The molecule has 0 aliphatic rings. The molecule has 0 bridgehead atoms. The second kappa shape index (κ2) is 4.96. The smallest absolute Gasteiger partial charge is 0.262 e. The van der Waals surface area contributed by atoms with Gasteiger partial charge in [-0.15, -0.1) is 0 Å². The fourth-order valence-electron chi connectivity index (χ4n) is 1.71. The Morgan fingerprint density at radius 3 is 2.90 bits per heavy atom. The van der Waals surface area contributed by atoms with E-state index in [-0.39, 0.29) is 11.6 Å². The van der Waals surface area contributed by atoms with E-state index in [4.69, 9.17) is 9.26 Å². The Morgan fingerprint density at radius 2 is 2.15 bits per heavy atom. The molecule has 1 N–H and O–H groups in total. The largest absolute Gasteiger partial charge is 0.504 e. The lowest BCUT2D eigenvalue weighted by Crippen LogP contribution is -1.87. The van der Waals surface area contributed by atoms with Crippen LogP contribution in [0.4, 0.5) is 0 Å². The molecule has 7 heteroatoms. The maximum absolute atomic E-state index is 10.0. The molecule has 1 aromatic carbocycles. The highest BCUT2D eigenvalue weighted by Crippen LogP contribution is 2.36. The topological polar surface area (TPSA) is 94.2 Å². The van der Waals surface area contributed by atoms with Gasteiger partial charge in [-0.05, 0) is 12.1 Å². The van der Waals surface area contributed by atoms with Crippen LogP contribution in [0.15, 0.2) is 41.3 Å². The van der Waals surface area contributed by atoms with Gasteiger partial charge in [0, 0.05) is 12.4 Å². The highest BCUT2D eigenvalue weighted by atomic mass is 16.5. The van der Waals surface area contributed by atoms with Crippen molar-refractivity contribution < 1.29 is 14.4 Å². The quantitative estimate of drug-likeness (QED) is 0.776. The summed E-state index contributed by atoms with van der Waals surface area (Å²) in [6.45, 7) is 0. The Balaban J connectivity index is 2.03. The number of hydrogen-bond acceptors (Lipinski definition) is 7. The van der Waals surface area contributed by atoms with E-state index in [2.05, 4.69) is 20.1 Å². The fraction of sp³-hybridized carbons (Fsp3) is 0.0769. The van der Waals surface area contributed by atoms with Gasteiger partial charge < -0.3 is 14.4 Å². The lowest BCUT2D eigenvalue weighted by Gasteiger charge is -2.04. The summed E-state index contributed by atoms with van der Waals surface area (Å²) in [5.74, 6) is 0.767. The van der Waals surface area contributed by atoms with Crippen LogP contribution in [0, 0.1) is 0 Å². The van der Waals surface area contributed by atoms with E-state index < -0.39 is 0 Å². The van der Waals surface area contributed by atoms with Crippen LogP contribution in [0.1, 0.15) is 0 Å².